The first-order valence-corrected chi connectivity index (χ1v) is 29.6. The smallest absolute Gasteiger partial charge is 0.456 e. The number of alkyl carbamates (subject to hydrolysis) is 1. The van der Waals surface area contributed by atoms with Crippen molar-refractivity contribution in [2.45, 2.75) is 128 Å². The summed E-state index contributed by atoms with van der Waals surface area (Å²) in [5, 5.41) is 17.3. The number of rotatable bonds is 21. The number of ketones is 1. The molecule has 3 aliphatic carbocycles. The van der Waals surface area contributed by atoms with Crippen LogP contribution in [0.4, 0.5) is 14.4 Å². The first-order valence-electron chi connectivity index (χ1n) is 29.6. The standard InChI is InChI=1S/C70H71NO19/c1-44-52(86-63(75)58(85-43-80-38-46-24-12-6-13-25-46)56(50-32-20-10-21-33-50)71-64(76)81-39-47-26-14-7-15-27-47)37-70(79)61(89-62(74)51-34-22-11-23-35-51)59-68(5,60(73)57(55(44)67(70,3)4)88-66(78)83-41-49-30-18-9-19-31-49)53(36-54-69(59,42-84-54)90-45(2)72)87-65(77)82-40-48-28-16-8-17-29-48/h6-35,52-54,56-59,61,79H,36-43H2,1-5H3,(H,71,76)/t52-,53-,54+,56?,57+,58+,59-,61-,68+,69-,70+/m0/s1. The maximum absolute atomic E-state index is 16.9. The summed E-state index contributed by atoms with van der Waals surface area (Å²) in [6, 6.07) is 50.4. The van der Waals surface area contributed by atoms with Crippen molar-refractivity contribution in [2.75, 3.05) is 13.4 Å². The van der Waals surface area contributed by atoms with Gasteiger partial charge in [-0.3, -0.25) is 9.59 Å². The van der Waals surface area contributed by atoms with Gasteiger partial charge >= 0.3 is 36.3 Å². The molecule has 10 rings (SSSR count). The Bertz CT molecular complexity index is 3540. The quantitative estimate of drug-likeness (QED) is 0.0223. The lowest BCUT2D eigenvalue weighted by Crippen LogP contribution is -2.82. The van der Waals surface area contributed by atoms with Crippen molar-refractivity contribution in [2.24, 2.45) is 16.7 Å². The molecule has 2 N–H and O–H groups in total. The van der Waals surface area contributed by atoms with Gasteiger partial charge in [0, 0.05) is 25.2 Å². The van der Waals surface area contributed by atoms with Gasteiger partial charge in [-0.1, -0.05) is 184 Å². The Morgan fingerprint density at radius 3 is 1.66 bits per heavy atom. The molecule has 20 heteroatoms. The number of nitrogens with one attached hydrogen (secondary N) is 1. The molecular weight excluding hydrogens is 1160 g/mol. The number of carbonyl (C=O) groups is 7. The van der Waals surface area contributed by atoms with Gasteiger partial charge in [-0.15, -0.1) is 0 Å². The predicted molar refractivity (Wildman–Crippen MR) is 320 cm³/mol. The number of ether oxygens (including phenoxy) is 11. The van der Waals surface area contributed by atoms with E-state index in [0.29, 0.717) is 22.3 Å². The van der Waals surface area contributed by atoms with Crippen molar-refractivity contribution in [1.82, 2.24) is 5.32 Å². The molecule has 2 saturated carbocycles. The number of amides is 1. The number of esters is 3. The summed E-state index contributed by atoms with van der Waals surface area (Å²) in [5.41, 5.74) is -5.75. The highest BCUT2D eigenvalue weighted by Gasteiger charge is 2.79. The fourth-order valence-electron chi connectivity index (χ4n) is 13.0. The molecule has 2 bridgehead atoms. The normalized spacial score (nSPS) is 25.3. The van der Waals surface area contributed by atoms with E-state index in [4.69, 9.17) is 52.1 Å². The lowest BCUT2D eigenvalue weighted by atomic mass is 9.44. The Labute approximate surface area is 520 Å². The number of benzene rings is 6. The average molecular weight is 1230 g/mol. The number of carbonyl (C=O) groups excluding carboxylic acids is 7. The summed E-state index contributed by atoms with van der Waals surface area (Å²) in [7, 11) is 0. The van der Waals surface area contributed by atoms with E-state index in [1.807, 2.05) is 36.4 Å². The van der Waals surface area contributed by atoms with Crippen LogP contribution in [0.5, 0.6) is 0 Å². The van der Waals surface area contributed by atoms with Gasteiger partial charge < -0.3 is 62.5 Å². The fraction of sp³-hybridized carbons (Fsp3) is 0.357. The minimum absolute atomic E-state index is 0.00867. The lowest BCUT2D eigenvalue weighted by molar-refractivity contribution is -0.346. The molecule has 6 aromatic carbocycles. The van der Waals surface area contributed by atoms with Gasteiger partial charge in [0.15, 0.2) is 23.6 Å². The van der Waals surface area contributed by atoms with Gasteiger partial charge in [0.2, 0.25) is 0 Å². The lowest BCUT2D eigenvalue weighted by Gasteiger charge is -2.67. The van der Waals surface area contributed by atoms with E-state index >= 15 is 14.4 Å². The van der Waals surface area contributed by atoms with Crippen LogP contribution < -0.4 is 5.32 Å². The van der Waals surface area contributed by atoms with Crippen molar-refractivity contribution in [3.8, 4) is 0 Å². The molecule has 1 aliphatic heterocycles. The highest BCUT2D eigenvalue weighted by atomic mass is 16.7. The second-order valence-corrected chi connectivity index (χ2v) is 23.5. The molecule has 11 atom stereocenters. The van der Waals surface area contributed by atoms with Gasteiger partial charge in [0.1, 0.15) is 56.6 Å². The molecule has 20 nitrogen and oxygen atoms in total. The third kappa shape index (κ3) is 13.5. The van der Waals surface area contributed by atoms with E-state index in [1.54, 1.807) is 147 Å². The summed E-state index contributed by atoms with van der Waals surface area (Å²) in [4.78, 5) is 104. The van der Waals surface area contributed by atoms with Crippen LogP contribution in [0.15, 0.2) is 193 Å². The highest BCUT2D eigenvalue weighted by molar-refractivity contribution is 5.96. The first kappa shape index (κ1) is 63.8. The van der Waals surface area contributed by atoms with Gasteiger partial charge in [-0.25, -0.2) is 24.0 Å². The molecule has 470 valence electrons. The van der Waals surface area contributed by atoms with Gasteiger partial charge in [-0.05, 0) is 64.9 Å². The van der Waals surface area contributed by atoms with Crippen LogP contribution >= 0.6 is 0 Å². The summed E-state index contributed by atoms with van der Waals surface area (Å²) in [6.07, 6.45) is -14.8. The number of hydrogen-bond donors (Lipinski definition) is 2. The molecule has 1 saturated heterocycles. The molecule has 6 aromatic rings. The summed E-state index contributed by atoms with van der Waals surface area (Å²) in [5.74, 6) is -5.73. The molecule has 0 aromatic heterocycles. The van der Waals surface area contributed by atoms with Crippen LogP contribution in [0.2, 0.25) is 0 Å². The third-order valence-corrected chi connectivity index (χ3v) is 17.6. The zero-order chi connectivity index (χ0) is 63.6. The van der Waals surface area contributed by atoms with E-state index < -0.39 is 133 Å². The molecule has 1 heterocycles. The Morgan fingerprint density at radius 2 is 1.13 bits per heavy atom. The molecule has 3 fully saturated rings. The Morgan fingerprint density at radius 1 is 0.633 bits per heavy atom. The van der Waals surface area contributed by atoms with Gasteiger partial charge in [-0.2, -0.15) is 0 Å². The second kappa shape index (κ2) is 27.7. The third-order valence-electron chi connectivity index (χ3n) is 17.6. The predicted octanol–water partition coefficient (Wildman–Crippen LogP) is 10.6. The number of hydrogen-bond acceptors (Lipinski definition) is 19. The summed E-state index contributed by atoms with van der Waals surface area (Å²) < 4.78 is 67.8. The van der Waals surface area contributed by atoms with E-state index in [2.05, 4.69) is 5.32 Å². The number of fused-ring (bicyclic) bond motifs is 5. The first-order chi connectivity index (χ1) is 43.3. The molecule has 0 radical (unpaired) electrons. The minimum Gasteiger partial charge on any atom is -0.456 e. The molecule has 1 amide bonds. The van der Waals surface area contributed by atoms with E-state index in [1.165, 1.54) is 26.0 Å². The van der Waals surface area contributed by atoms with E-state index in [-0.39, 0.29) is 49.6 Å². The average Bonchev–Trinajstić information content (AvgIpc) is 0.670. The SMILES string of the molecule is CC(=O)O[C@@]12CO[C@@H]1C[C@H](OC(=O)OCc1ccccc1)[C@@]1(C)C(=O)[C@H](OC(=O)OCc3ccccc3)C3=C(C)[C@@H](OC(=O)[C@H](OCOCc4ccccc4)C(NC(=O)OCc4ccccc4)c4ccccc4)C[C@@](O)([C@@H](OC(=O)c4ccccc4)[C@H]21)C3(C)C. The maximum atomic E-state index is 16.9. The Kier molecular flexibility index (Phi) is 19.6. The van der Waals surface area contributed by atoms with Crippen LogP contribution in [-0.2, 0) is 92.9 Å². The zero-order valence-electron chi connectivity index (χ0n) is 50.4. The Hall–Kier alpha value is -9.21. The van der Waals surface area contributed by atoms with Crippen molar-refractivity contribution < 1.29 is 90.8 Å². The summed E-state index contributed by atoms with van der Waals surface area (Å²) >= 11 is 0. The van der Waals surface area contributed by atoms with Crippen LogP contribution in [0.1, 0.15) is 91.7 Å². The zero-order valence-corrected chi connectivity index (χ0v) is 50.4. The highest BCUT2D eigenvalue weighted by Crippen LogP contribution is 2.65. The van der Waals surface area contributed by atoms with Crippen LogP contribution in [0.25, 0.3) is 0 Å². The Balaban J connectivity index is 1.12. The van der Waals surface area contributed by atoms with Gasteiger partial charge in [0.05, 0.1) is 36.2 Å². The molecule has 90 heavy (non-hydrogen) atoms. The van der Waals surface area contributed by atoms with Crippen molar-refractivity contribution in [1.29, 1.82) is 0 Å². The molecule has 0 spiro atoms. The van der Waals surface area contributed by atoms with Crippen LogP contribution in [0.3, 0.4) is 0 Å². The van der Waals surface area contributed by atoms with Crippen LogP contribution in [0, 0.1) is 16.7 Å². The minimum atomic E-state index is -2.59. The van der Waals surface area contributed by atoms with Crippen LogP contribution in [-0.4, -0.2) is 108 Å². The van der Waals surface area contributed by atoms with E-state index in [9.17, 15) is 24.3 Å². The topological polar surface area (TPSA) is 253 Å². The fourth-order valence-corrected chi connectivity index (χ4v) is 13.0. The molecule has 1 unspecified atom stereocenters. The summed E-state index contributed by atoms with van der Waals surface area (Å²) in [6.45, 7) is 5.56. The van der Waals surface area contributed by atoms with Crippen molar-refractivity contribution in [3.05, 3.63) is 227 Å². The van der Waals surface area contributed by atoms with E-state index in [0.717, 1.165) is 12.5 Å². The largest absolute Gasteiger partial charge is 0.509 e. The molecular formula is C70H71NO19. The van der Waals surface area contributed by atoms with Crippen molar-refractivity contribution >= 4 is 42.1 Å². The number of aliphatic hydroxyl groups is 1. The monoisotopic (exact) mass is 1230 g/mol. The van der Waals surface area contributed by atoms with Crippen molar-refractivity contribution in [3.63, 3.8) is 0 Å². The maximum Gasteiger partial charge on any atom is 0.509 e. The number of Topliss-reactive ketones (excluding diaryl/α,β-unsaturated/α-hetero) is 1. The van der Waals surface area contributed by atoms with Gasteiger partial charge in [0.25, 0.3) is 0 Å². The molecule has 4 aliphatic rings. The second-order valence-electron chi connectivity index (χ2n) is 23.5.